The molecule has 0 aliphatic heterocycles. The molecule has 158 valence electrons. The van der Waals surface area contributed by atoms with Gasteiger partial charge in [-0.25, -0.2) is 0 Å². The van der Waals surface area contributed by atoms with Crippen molar-refractivity contribution in [3.8, 4) is 5.75 Å². The molecule has 5 heteroatoms. The van der Waals surface area contributed by atoms with Crippen molar-refractivity contribution in [1.82, 2.24) is 9.78 Å². The van der Waals surface area contributed by atoms with Crippen molar-refractivity contribution in [3.63, 3.8) is 0 Å². The molecule has 0 amide bonds. The van der Waals surface area contributed by atoms with Crippen LogP contribution < -0.4 is 0 Å². The lowest BCUT2D eigenvalue weighted by Crippen LogP contribution is -2.42. The Labute approximate surface area is 178 Å². The summed E-state index contributed by atoms with van der Waals surface area (Å²) in [4.78, 5) is 0. The summed E-state index contributed by atoms with van der Waals surface area (Å²) < 4.78 is 1.94. The Kier molecular flexibility index (Phi) is 4.79. The molecule has 2 saturated carbocycles. The third-order valence-electron chi connectivity index (χ3n) is 8.13. The fraction of sp³-hybridized carbons (Fsp3) is 0.560. The van der Waals surface area contributed by atoms with Gasteiger partial charge in [0.25, 0.3) is 0 Å². The number of rotatable bonds is 3. The number of aromatic hydroxyl groups is 1. The molecule has 3 aliphatic rings. The first-order valence-electron chi connectivity index (χ1n) is 11.5. The molecule has 4 atom stereocenters. The Morgan fingerprint density at radius 1 is 1.27 bits per heavy atom. The van der Waals surface area contributed by atoms with E-state index < -0.39 is 0 Å². The normalized spacial score (nSPS) is 31.7. The fourth-order valence-corrected chi connectivity index (χ4v) is 6.50. The molecule has 0 saturated heterocycles. The van der Waals surface area contributed by atoms with Gasteiger partial charge in [-0.3, -0.25) is 4.68 Å². The van der Waals surface area contributed by atoms with Crippen LogP contribution >= 0.6 is 0 Å². The number of aryl methyl sites for hydroxylation is 3. The summed E-state index contributed by atoms with van der Waals surface area (Å²) in [6, 6.07) is 6.03. The number of phenolic OH excluding ortho intramolecular Hbond substituents is 1. The minimum atomic E-state index is 0.176. The summed E-state index contributed by atoms with van der Waals surface area (Å²) in [5, 5.41) is 23.6. The van der Waals surface area contributed by atoms with Gasteiger partial charge in [-0.2, -0.15) is 15.3 Å². The van der Waals surface area contributed by atoms with Crippen LogP contribution in [-0.4, -0.2) is 26.8 Å². The van der Waals surface area contributed by atoms with E-state index in [9.17, 15) is 5.11 Å². The third-order valence-corrected chi connectivity index (χ3v) is 8.13. The lowest BCUT2D eigenvalue weighted by atomic mass is 9.55. The van der Waals surface area contributed by atoms with E-state index in [1.807, 2.05) is 36.1 Å². The standard InChI is InChI=1S/C25H32N4O/c1-4-29-15-18(16(2)28-29)14-26-27-24-10-9-23-22-7-5-17-13-19(30)6-8-20(17)21(22)11-12-25(23,24)3/h6,8,13-15,21-23,30H,4-5,7,9-12H2,1-3H3/b26-14-,27-24-/t21-,22-,23-,25+/m1/s1. The van der Waals surface area contributed by atoms with Gasteiger partial charge in [-0.15, -0.1) is 0 Å². The third kappa shape index (κ3) is 3.10. The molecule has 30 heavy (non-hydrogen) atoms. The Morgan fingerprint density at radius 2 is 2.13 bits per heavy atom. The Morgan fingerprint density at radius 3 is 2.93 bits per heavy atom. The van der Waals surface area contributed by atoms with Gasteiger partial charge in [0, 0.05) is 29.4 Å². The maximum atomic E-state index is 9.87. The highest BCUT2D eigenvalue weighted by molar-refractivity contribution is 5.93. The van der Waals surface area contributed by atoms with Crippen molar-refractivity contribution in [2.75, 3.05) is 0 Å². The summed E-state index contributed by atoms with van der Waals surface area (Å²) in [6.45, 7) is 7.42. The maximum absolute atomic E-state index is 9.87. The van der Waals surface area contributed by atoms with Crippen molar-refractivity contribution in [2.45, 2.75) is 71.8 Å². The van der Waals surface area contributed by atoms with E-state index in [2.05, 4.69) is 30.1 Å². The molecule has 1 aromatic heterocycles. The van der Waals surface area contributed by atoms with E-state index in [4.69, 9.17) is 5.10 Å². The minimum Gasteiger partial charge on any atom is -0.508 e. The number of phenols is 1. The monoisotopic (exact) mass is 404 g/mol. The van der Waals surface area contributed by atoms with Crippen LogP contribution in [0.25, 0.3) is 0 Å². The van der Waals surface area contributed by atoms with Gasteiger partial charge in [0.05, 0.1) is 11.9 Å². The van der Waals surface area contributed by atoms with Crippen LogP contribution in [0.3, 0.4) is 0 Å². The van der Waals surface area contributed by atoms with Crippen molar-refractivity contribution in [3.05, 3.63) is 46.8 Å². The quantitative estimate of drug-likeness (QED) is 0.561. The second-order valence-electron chi connectivity index (χ2n) is 9.61. The molecule has 0 spiro atoms. The van der Waals surface area contributed by atoms with Crippen LogP contribution in [0.15, 0.2) is 34.6 Å². The Bertz CT molecular complexity index is 1020. The number of aromatic nitrogens is 2. The number of benzene rings is 1. The van der Waals surface area contributed by atoms with Crippen molar-refractivity contribution < 1.29 is 5.11 Å². The van der Waals surface area contributed by atoms with Crippen LogP contribution in [0, 0.1) is 24.2 Å². The number of hydrogen-bond acceptors (Lipinski definition) is 4. The van der Waals surface area contributed by atoms with Gasteiger partial charge in [0.15, 0.2) is 0 Å². The first-order valence-corrected chi connectivity index (χ1v) is 11.5. The van der Waals surface area contributed by atoms with E-state index in [0.29, 0.717) is 17.6 Å². The summed E-state index contributed by atoms with van der Waals surface area (Å²) in [5.41, 5.74) is 6.37. The summed E-state index contributed by atoms with van der Waals surface area (Å²) in [6.07, 6.45) is 10.9. The van der Waals surface area contributed by atoms with E-state index in [0.717, 1.165) is 36.6 Å². The Hall–Kier alpha value is -2.43. The summed E-state index contributed by atoms with van der Waals surface area (Å²) >= 11 is 0. The van der Waals surface area contributed by atoms with Crippen LogP contribution in [0.1, 0.15) is 74.3 Å². The van der Waals surface area contributed by atoms with E-state index >= 15 is 0 Å². The van der Waals surface area contributed by atoms with Crippen molar-refractivity contribution in [1.29, 1.82) is 0 Å². The minimum absolute atomic E-state index is 0.176. The van der Waals surface area contributed by atoms with Crippen LogP contribution in [-0.2, 0) is 13.0 Å². The van der Waals surface area contributed by atoms with Crippen LogP contribution in [0.2, 0.25) is 0 Å². The zero-order chi connectivity index (χ0) is 20.9. The van der Waals surface area contributed by atoms with Crippen LogP contribution in [0.5, 0.6) is 5.75 Å². The maximum Gasteiger partial charge on any atom is 0.115 e. The van der Waals surface area contributed by atoms with E-state index in [1.54, 1.807) is 0 Å². The molecule has 2 aromatic rings. The van der Waals surface area contributed by atoms with Crippen molar-refractivity contribution >= 4 is 11.9 Å². The molecule has 0 bridgehead atoms. The zero-order valence-corrected chi connectivity index (χ0v) is 18.3. The highest BCUT2D eigenvalue weighted by atomic mass is 16.3. The molecule has 0 radical (unpaired) electrons. The van der Waals surface area contributed by atoms with E-state index in [1.165, 1.54) is 42.5 Å². The molecule has 0 unspecified atom stereocenters. The first kappa shape index (κ1) is 19.5. The second kappa shape index (κ2) is 7.36. The lowest BCUT2D eigenvalue weighted by molar-refractivity contribution is 0.0955. The molecule has 3 aliphatic carbocycles. The van der Waals surface area contributed by atoms with E-state index in [-0.39, 0.29) is 5.41 Å². The summed E-state index contributed by atoms with van der Waals surface area (Å²) in [7, 11) is 0. The predicted molar refractivity (Wildman–Crippen MR) is 120 cm³/mol. The molecular formula is C25H32N4O. The lowest BCUT2D eigenvalue weighted by Gasteiger charge is -2.49. The van der Waals surface area contributed by atoms with Crippen molar-refractivity contribution in [2.24, 2.45) is 27.5 Å². The molecular weight excluding hydrogens is 372 g/mol. The zero-order valence-electron chi connectivity index (χ0n) is 18.3. The largest absolute Gasteiger partial charge is 0.508 e. The molecule has 1 heterocycles. The van der Waals surface area contributed by atoms with Crippen LogP contribution in [0.4, 0.5) is 0 Å². The highest BCUT2D eigenvalue weighted by Gasteiger charge is 2.53. The number of nitrogens with zero attached hydrogens (tertiary/aromatic N) is 4. The predicted octanol–water partition coefficient (Wildman–Crippen LogP) is 5.25. The molecule has 1 aromatic carbocycles. The van der Waals surface area contributed by atoms with Gasteiger partial charge in [0.2, 0.25) is 0 Å². The average Bonchev–Trinajstić information content (AvgIpc) is 3.27. The number of hydrogen-bond donors (Lipinski definition) is 1. The SMILES string of the molecule is CCn1cc(/C=N\N=C2\CC[C@@H]3[C@@H]4CCc5cc(O)ccc5[C@H]4CC[C@]23C)c(C)n1. The summed E-state index contributed by atoms with van der Waals surface area (Å²) in [5.74, 6) is 2.46. The highest BCUT2D eigenvalue weighted by Crippen LogP contribution is 2.60. The Balaban J connectivity index is 1.37. The second-order valence-corrected chi connectivity index (χ2v) is 9.61. The molecule has 5 rings (SSSR count). The topological polar surface area (TPSA) is 62.8 Å². The smallest absolute Gasteiger partial charge is 0.115 e. The van der Waals surface area contributed by atoms with Gasteiger partial charge >= 0.3 is 0 Å². The molecule has 1 N–H and O–H groups in total. The van der Waals surface area contributed by atoms with Gasteiger partial charge < -0.3 is 5.11 Å². The molecule has 5 nitrogen and oxygen atoms in total. The van der Waals surface area contributed by atoms with Gasteiger partial charge in [-0.05, 0) is 93.4 Å². The average molecular weight is 405 g/mol. The number of fused-ring (bicyclic) bond motifs is 5. The fourth-order valence-electron chi connectivity index (χ4n) is 6.50. The molecule has 2 fully saturated rings. The van der Waals surface area contributed by atoms with Gasteiger partial charge in [0.1, 0.15) is 5.75 Å². The first-order chi connectivity index (χ1) is 14.5. The van der Waals surface area contributed by atoms with Gasteiger partial charge in [-0.1, -0.05) is 13.0 Å².